The molecule has 1 saturated carbocycles. The largest absolute Gasteiger partial charge is 0.449 e. The lowest BCUT2D eigenvalue weighted by molar-refractivity contribution is -0.149. The van der Waals surface area contributed by atoms with Crippen molar-refractivity contribution < 1.29 is 14.3 Å². The van der Waals surface area contributed by atoms with E-state index in [4.69, 9.17) is 4.74 Å². The van der Waals surface area contributed by atoms with Crippen LogP contribution >= 0.6 is 22.7 Å². The summed E-state index contributed by atoms with van der Waals surface area (Å²) in [7, 11) is 0. The second-order valence-corrected chi connectivity index (χ2v) is 8.45. The number of ether oxygens (including phenoxy) is 1. The van der Waals surface area contributed by atoms with E-state index in [1.165, 1.54) is 35.2 Å². The molecule has 2 aromatic heterocycles. The Balaban J connectivity index is 1.65. The molecule has 0 unspecified atom stereocenters. The van der Waals surface area contributed by atoms with Crippen LogP contribution < -0.4 is 4.90 Å². The predicted octanol–water partition coefficient (Wildman–Crippen LogP) is 4.22. The SMILES string of the molecule is Cc1nc(/C=C/C(=O)O[C@H](C)C(=O)N(c2nccs2)C2CCCCC2)cs1. The molecule has 144 valence electrons. The number of carbonyl (C=O) groups is 2. The Labute approximate surface area is 166 Å². The standard InChI is InChI=1S/C19H23N3O3S2/c1-13(25-17(23)9-8-15-12-27-14(2)21-15)18(24)22(19-20-10-11-26-19)16-6-4-3-5-7-16/h8-13,16H,3-7H2,1-2H3/b9-8+/t13-/m1/s1. The molecule has 0 aliphatic heterocycles. The van der Waals surface area contributed by atoms with Gasteiger partial charge in [0.1, 0.15) is 0 Å². The molecule has 1 aliphatic rings. The van der Waals surface area contributed by atoms with Crippen LogP contribution in [0.1, 0.15) is 49.7 Å². The van der Waals surface area contributed by atoms with E-state index in [0.717, 1.165) is 30.7 Å². The molecule has 8 heteroatoms. The number of esters is 1. The molecule has 1 fully saturated rings. The number of anilines is 1. The van der Waals surface area contributed by atoms with E-state index in [2.05, 4.69) is 9.97 Å². The second-order valence-electron chi connectivity index (χ2n) is 6.52. The Morgan fingerprint density at radius 3 is 2.70 bits per heavy atom. The Morgan fingerprint density at radius 2 is 2.07 bits per heavy atom. The summed E-state index contributed by atoms with van der Waals surface area (Å²) in [5, 5.41) is 5.32. The van der Waals surface area contributed by atoms with Crippen LogP contribution in [-0.4, -0.2) is 34.0 Å². The highest BCUT2D eigenvalue weighted by molar-refractivity contribution is 7.13. The number of hydrogen-bond acceptors (Lipinski definition) is 7. The molecule has 0 radical (unpaired) electrons. The molecule has 2 heterocycles. The zero-order valence-electron chi connectivity index (χ0n) is 15.5. The summed E-state index contributed by atoms with van der Waals surface area (Å²) >= 11 is 2.94. The van der Waals surface area contributed by atoms with E-state index in [-0.39, 0.29) is 11.9 Å². The van der Waals surface area contributed by atoms with Crippen molar-refractivity contribution in [3.8, 4) is 0 Å². The number of hydrogen-bond donors (Lipinski definition) is 0. The lowest BCUT2D eigenvalue weighted by Gasteiger charge is -2.33. The molecular weight excluding hydrogens is 382 g/mol. The number of aromatic nitrogens is 2. The van der Waals surface area contributed by atoms with Gasteiger partial charge in [0.25, 0.3) is 5.91 Å². The summed E-state index contributed by atoms with van der Waals surface area (Å²) in [5.74, 6) is -0.771. The monoisotopic (exact) mass is 405 g/mol. The van der Waals surface area contributed by atoms with E-state index in [1.807, 2.05) is 17.7 Å². The van der Waals surface area contributed by atoms with Gasteiger partial charge in [0.15, 0.2) is 11.2 Å². The van der Waals surface area contributed by atoms with E-state index in [1.54, 1.807) is 24.1 Å². The van der Waals surface area contributed by atoms with Crippen LogP contribution in [0.25, 0.3) is 6.08 Å². The van der Waals surface area contributed by atoms with Gasteiger partial charge in [-0.3, -0.25) is 9.69 Å². The van der Waals surface area contributed by atoms with Crippen molar-refractivity contribution in [2.75, 3.05) is 4.90 Å². The highest BCUT2D eigenvalue weighted by Gasteiger charge is 2.32. The van der Waals surface area contributed by atoms with Crippen molar-refractivity contribution in [1.29, 1.82) is 0 Å². The Hall–Kier alpha value is -2.06. The maximum absolute atomic E-state index is 13.0. The molecule has 1 amide bonds. The summed E-state index contributed by atoms with van der Waals surface area (Å²) in [6.45, 7) is 3.52. The summed E-state index contributed by atoms with van der Waals surface area (Å²) in [4.78, 5) is 35.4. The zero-order valence-corrected chi connectivity index (χ0v) is 17.1. The van der Waals surface area contributed by atoms with Gasteiger partial charge in [-0.25, -0.2) is 14.8 Å². The first-order valence-corrected chi connectivity index (χ1v) is 10.8. The lowest BCUT2D eigenvalue weighted by Crippen LogP contribution is -2.47. The van der Waals surface area contributed by atoms with Crippen LogP contribution in [0.5, 0.6) is 0 Å². The van der Waals surface area contributed by atoms with Crippen molar-refractivity contribution in [2.45, 2.75) is 58.1 Å². The fourth-order valence-corrected chi connectivity index (χ4v) is 4.47. The van der Waals surface area contributed by atoms with E-state index < -0.39 is 12.1 Å². The van der Waals surface area contributed by atoms with Crippen LogP contribution in [0.15, 0.2) is 23.0 Å². The third kappa shape index (κ3) is 5.23. The highest BCUT2D eigenvalue weighted by atomic mass is 32.1. The zero-order chi connectivity index (χ0) is 19.2. The van der Waals surface area contributed by atoms with Gasteiger partial charge in [-0.1, -0.05) is 19.3 Å². The summed E-state index contributed by atoms with van der Waals surface area (Å²) in [6.07, 6.45) is 9.04. The molecule has 0 bridgehead atoms. The minimum atomic E-state index is -0.870. The van der Waals surface area contributed by atoms with Gasteiger partial charge in [-0.15, -0.1) is 22.7 Å². The van der Waals surface area contributed by atoms with Crippen molar-refractivity contribution in [1.82, 2.24) is 9.97 Å². The fourth-order valence-electron chi connectivity index (χ4n) is 3.17. The first-order chi connectivity index (χ1) is 13.0. The van der Waals surface area contributed by atoms with Gasteiger partial charge in [0, 0.05) is 29.1 Å². The van der Waals surface area contributed by atoms with Crippen LogP contribution in [0, 0.1) is 6.92 Å². The third-order valence-electron chi connectivity index (χ3n) is 4.47. The van der Waals surface area contributed by atoms with Crippen molar-refractivity contribution in [3.63, 3.8) is 0 Å². The second kappa shape index (κ2) is 9.23. The van der Waals surface area contributed by atoms with E-state index in [0.29, 0.717) is 10.8 Å². The third-order valence-corrected chi connectivity index (χ3v) is 6.03. The minimum absolute atomic E-state index is 0.118. The molecule has 27 heavy (non-hydrogen) atoms. The van der Waals surface area contributed by atoms with E-state index >= 15 is 0 Å². The summed E-state index contributed by atoms with van der Waals surface area (Å²) < 4.78 is 5.35. The molecule has 2 aromatic rings. The molecular formula is C19H23N3O3S2. The molecule has 0 spiro atoms. The van der Waals surface area contributed by atoms with Gasteiger partial charge in [0.05, 0.1) is 10.7 Å². The van der Waals surface area contributed by atoms with Crippen molar-refractivity contribution in [2.24, 2.45) is 0 Å². The minimum Gasteiger partial charge on any atom is -0.449 e. The molecule has 6 nitrogen and oxygen atoms in total. The van der Waals surface area contributed by atoms with Gasteiger partial charge in [-0.05, 0) is 32.8 Å². The van der Waals surface area contributed by atoms with Crippen molar-refractivity contribution >= 4 is 45.8 Å². The molecule has 0 aromatic carbocycles. The average Bonchev–Trinajstić information content (AvgIpc) is 3.33. The number of rotatable bonds is 6. The Kier molecular flexibility index (Phi) is 6.73. The average molecular weight is 406 g/mol. The maximum Gasteiger partial charge on any atom is 0.331 e. The highest BCUT2D eigenvalue weighted by Crippen LogP contribution is 2.29. The normalized spacial score (nSPS) is 16.4. The molecule has 1 atom stereocenters. The Bertz CT molecular complexity index is 795. The molecule has 1 aliphatic carbocycles. The first-order valence-electron chi connectivity index (χ1n) is 9.08. The molecule has 0 saturated heterocycles. The van der Waals surface area contributed by atoms with Crippen LogP contribution in [-0.2, 0) is 14.3 Å². The summed E-state index contributed by atoms with van der Waals surface area (Å²) in [5.41, 5.74) is 0.708. The predicted molar refractivity (Wildman–Crippen MR) is 108 cm³/mol. The van der Waals surface area contributed by atoms with Gasteiger partial charge < -0.3 is 4.74 Å². The number of thiazole rings is 2. The van der Waals surface area contributed by atoms with Crippen molar-refractivity contribution in [3.05, 3.63) is 33.7 Å². The quantitative estimate of drug-likeness (QED) is 0.531. The summed E-state index contributed by atoms with van der Waals surface area (Å²) in [6, 6.07) is 0.118. The smallest absolute Gasteiger partial charge is 0.331 e. The van der Waals surface area contributed by atoms with E-state index in [9.17, 15) is 9.59 Å². The van der Waals surface area contributed by atoms with Crippen LogP contribution in [0.3, 0.4) is 0 Å². The Morgan fingerprint density at radius 1 is 1.30 bits per heavy atom. The maximum atomic E-state index is 13.0. The van der Waals surface area contributed by atoms with Gasteiger partial charge >= 0.3 is 5.97 Å². The number of amides is 1. The number of carbonyl (C=O) groups excluding carboxylic acids is 2. The molecule has 0 N–H and O–H groups in total. The van der Waals surface area contributed by atoms with Gasteiger partial charge in [-0.2, -0.15) is 0 Å². The van der Waals surface area contributed by atoms with Crippen LogP contribution in [0.4, 0.5) is 5.13 Å². The topological polar surface area (TPSA) is 72.4 Å². The molecule has 3 rings (SSSR count). The van der Waals surface area contributed by atoms with Crippen LogP contribution in [0.2, 0.25) is 0 Å². The number of aryl methyl sites for hydroxylation is 1. The van der Waals surface area contributed by atoms with Gasteiger partial charge in [0.2, 0.25) is 0 Å². The lowest BCUT2D eigenvalue weighted by atomic mass is 9.94. The first kappa shape index (κ1) is 19.7. The number of nitrogens with zero attached hydrogens (tertiary/aromatic N) is 3. The fraction of sp³-hybridized carbons (Fsp3) is 0.474.